The Labute approximate surface area is 127 Å². The van der Waals surface area contributed by atoms with Crippen LogP contribution in [0, 0.1) is 5.92 Å². The van der Waals surface area contributed by atoms with Gasteiger partial charge in [0, 0.05) is 18.4 Å². The Balaban J connectivity index is 1.97. The maximum Gasteiger partial charge on any atom is 0.220 e. The fourth-order valence-corrected chi connectivity index (χ4v) is 4.19. The highest BCUT2D eigenvalue weighted by Gasteiger charge is 2.43. The second-order valence-electron chi connectivity index (χ2n) is 6.36. The molecule has 1 amide bonds. The number of carbonyl (C=O) groups is 1. The van der Waals surface area contributed by atoms with Crippen LogP contribution < -0.4 is 10.1 Å². The lowest BCUT2D eigenvalue weighted by Crippen LogP contribution is -2.41. The number of hydrogen-bond donors (Lipinski definition) is 1. The monoisotopic (exact) mass is 287 g/mol. The molecule has 0 aromatic heterocycles. The van der Waals surface area contributed by atoms with E-state index >= 15 is 0 Å². The minimum atomic E-state index is 0.157. The quantitative estimate of drug-likeness (QED) is 0.925. The molecule has 0 spiro atoms. The summed E-state index contributed by atoms with van der Waals surface area (Å²) < 4.78 is 5.68. The first-order chi connectivity index (χ1) is 10.2. The van der Waals surface area contributed by atoms with Crippen molar-refractivity contribution in [2.45, 2.75) is 50.9 Å². The van der Waals surface area contributed by atoms with E-state index in [0.29, 0.717) is 18.9 Å². The zero-order chi connectivity index (χ0) is 14.7. The summed E-state index contributed by atoms with van der Waals surface area (Å²) in [4.78, 5) is 11.8. The molecule has 1 saturated heterocycles. The number of ether oxygens (including phenoxy) is 1. The van der Waals surface area contributed by atoms with Crippen molar-refractivity contribution in [3.63, 3.8) is 0 Å². The van der Waals surface area contributed by atoms with Gasteiger partial charge in [0.15, 0.2) is 0 Å². The van der Waals surface area contributed by atoms with Gasteiger partial charge in [0.05, 0.1) is 6.61 Å². The van der Waals surface area contributed by atoms with Gasteiger partial charge in [-0.1, -0.05) is 25.0 Å². The summed E-state index contributed by atoms with van der Waals surface area (Å²) in [6, 6.07) is 8.57. The Kier molecular flexibility index (Phi) is 4.18. The summed E-state index contributed by atoms with van der Waals surface area (Å²) in [5.41, 5.74) is 1.53. The van der Waals surface area contributed by atoms with E-state index in [1.54, 1.807) is 0 Å². The lowest BCUT2D eigenvalue weighted by atomic mass is 9.61. The van der Waals surface area contributed by atoms with E-state index < -0.39 is 0 Å². The molecule has 2 aliphatic rings. The first-order valence-electron chi connectivity index (χ1n) is 8.24. The third-order valence-electron chi connectivity index (χ3n) is 5.27. The smallest absolute Gasteiger partial charge is 0.220 e. The third-order valence-corrected chi connectivity index (χ3v) is 5.27. The molecule has 0 unspecified atom stereocenters. The molecule has 3 heteroatoms. The van der Waals surface area contributed by atoms with Gasteiger partial charge in [-0.3, -0.25) is 4.79 Å². The van der Waals surface area contributed by atoms with Crippen LogP contribution in [0.5, 0.6) is 5.75 Å². The Morgan fingerprint density at radius 2 is 2.24 bits per heavy atom. The topological polar surface area (TPSA) is 38.3 Å². The fourth-order valence-electron chi connectivity index (χ4n) is 4.19. The highest BCUT2D eigenvalue weighted by molar-refractivity contribution is 5.76. The summed E-state index contributed by atoms with van der Waals surface area (Å²) in [6.07, 6.45) is 6.59. The van der Waals surface area contributed by atoms with E-state index in [1.165, 1.54) is 31.2 Å². The maximum atomic E-state index is 11.8. The van der Waals surface area contributed by atoms with Crippen LogP contribution in [0.15, 0.2) is 24.3 Å². The number of nitrogens with one attached hydrogen (secondary N) is 1. The van der Waals surface area contributed by atoms with Gasteiger partial charge in [-0.2, -0.15) is 0 Å². The number of hydrogen-bond acceptors (Lipinski definition) is 2. The van der Waals surface area contributed by atoms with E-state index in [0.717, 1.165) is 18.7 Å². The fraction of sp³-hybridized carbons (Fsp3) is 0.611. The molecular weight excluding hydrogens is 262 g/mol. The van der Waals surface area contributed by atoms with Crippen molar-refractivity contribution in [1.82, 2.24) is 5.32 Å². The molecular formula is C18H25NO2. The molecule has 2 fully saturated rings. The van der Waals surface area contributed by atoms with E-state index in [4.69, 9.17) is 4.74 Å². The molecule has 1 heterocycles. The number of fused-ring (bicyclic) bond motifs is 1. The lowest BCUT2D eigenvalue weighted by molar-refractivity contribution is -0.120. The van der Waals surface area contributed by atoms with Crippen LogP contribution >= 0.6 is 0 Å². The molecule has 0 radical (unpaired) electrons. The van der Waals surface area contributed by atoms with Crippen molar-refractivity contribution in [1.29, 1.82) is 0 Å². The van der Waals surface area contributed by atoms with Crippen molar-refractivity contribution in [2.75, 3.05) is 13.2 Å². The molecule has 1 aromatic rings. The molecule has 1 aliphatic heterocycles. The van der Waals surface area contributed by atoms with E-state index in [9.17, 15) is 4.79 Å². The number of rotatable bonds is 3. The normalized spacial score (nSPS) is 29.2. The molecule has 21 heavy (non-hydrogen) atoms. The number of amides is 1. The van der Waals surface area contributed by atoms with Crippen molar-refractivity contribution in [3.8, 4) is 5.75 Å². The highest BCUT2D eigenvalue weighted by atomic mass is 16.5. The van der Waals surface area contributed by atoms with Gasteiger partial charge < -0.3 is 10.1 Å². The zero-order valence-electron chi connectivity index (χ0n) is 12.9. The SMILES string of the molecule is CCOc1cccc([C@@]23CCCC[C@H]2CNC(=O)CC3)c1. The minimum absolute atomic E-state index is 0.157. The highest BCUT2D eigenvalue weighted by Crippen LogP contribution is 2.48. The molecule has 1 saturated carbocycles. The predicted octanol–water partition coefficient (Wildman–Crippen LogP) is 3.42. The summed E-state index contributed by atoms with van der Waals surface area (Å²) in [7, 11) is 0. The average Bonchev–Trinajstić information content (AvgIpc) is 2.69. The second-order valence-corrected chi connectivity index (χ2v) is 6.36. The van der Waals surface area contributed by atoms with Crippen molar-refractivity contribution in [3.05, 3.63) is 29.8 Å². The molecule has 2 atom stereocenters. The van der Waals surface area contributed by atoms with E-state index in [-0.39, 0.29) is 11.3 Å². The molecule has 3 rings (SSSR count). The maximum absolute atomic E-state index is 11.8. The molecule has 1 aliphatic carbocycles. The van der Waals surface area contributed by atoms with Gasteiger partial charge in [-0.15, -0.1) is 0 Å². The minimum Gasteiger partial charge on any atom is -0.494 e. The first-order valence-corrected chi connectivity index (χ1v) is 8.24. The molecule has 1 aromatic carbocycles. The van der Waals surface area contributed by atoms with E-state index in [2.05, 4.69) is 23.5 Å². The van der Waals surface area contributed by atoms with Crippen LogP contribution in [-0.2, 0) is 10.2 Å². The summed E-state index contributed by atoms with van der Waals surface area (Å²) in [5, 5.41) is 3.11. The van der Waals surface area contributed by atoms with Gasteiger partial charge in [-0.05, 0) is 49.8 Å². The molecule has 3 nitrogen and oxygen atoms in total. The Bertz CT molecular complexity index is 514. The van der Waals surface area contributed by atoms with Crippen molar-refractivity contribution < 1.29 is 9.53 Å². The van der Waals surface area contributed by atoms with Crippen LogP contribution in [0.3, 0.4) is 0 Å². The van der Waals surface area contributed by atoms with Crippen molar-refractivity contribution >= 4 is 5.91 Å². The zero-order valence-corrected chi connectivity index (χ0v) is 12.9. The van der Waals surface area contributed by atoms with Crippen LogP contribution in [0.1, 0.15) is 51.0 Å². The molecule has 114 valence electrons. The standard InChI is InChI=1S/C18H25NO2/c1-2-21-16-8-5-7-14(12-16)18-10-4-3-6-15(18)13-19-17(20)9-11-18/h5,7-8,12,15H,2-4,6,9-11,13H2,1H3,(H,19,20)/t15-,18-/m0/s1. The van der Waals surface area contributed by atoms with Gasteiger partial charge >= 0.3 is 0 Å². The summed E-state index contributed by atoms with van der Waals surface area (Å²) in [6.45, 7) is 3.54. The Morgan fingerprint density at radius 3 is 3.10 bits per heavy atom. The van der Waals surface area contributed by atoms with E-state index in [1.807, 2.05) is 13.0 Å². The van der Waals surface area contributed by atoms with Gasteiger partial charge in [-0.25, -0.2) is 0 Å². The van der Waals surface area contributed by atoms with Crippen LogP contribution in [0.4, 0.5) is 0 Å². The number of carbonyl (C=O) groups excluding carboxylic acids is 1. The van der Waals surface area contributed by atoms with Gasteiger partial charge in [0.1, 0.15) is 5.75 Å². The third kappa shape index (κ3) is 2.78. The summed E-state index contributed by atoms with van der Waals surface area (Å²) >= 11 is 0. The largest absolute Gasteiger partial charge is 0.494 e. The van der Waals surface area contributed by atoms with Crippen LogP contribution in [0.2, 0.25) is 0 Å². The van der Waals surface area contributed by atoms with Gasteiger partial charge in [0.2, 0.25) is 5.91 Å². The predicted molar refractivity (Wildman–Crippen MR) is 83.5 cm³/mol. The van der Waals surface area contributed by atoms with Crippen molar-refractivity contribution in [2.24, 2.45) is 5.92 Å². The molecule has 1 N–H and O–H groups in total. The lowest BCUT2D eigenvalue weighted by Gasteiger charge is -2.44. The van der Waals surface area contributed by atoms with Gasteiger partial charge in [0.25, 0.3) is 0 Å². The van der Waals surface area contributed by atoms with Crippen LogP contribution in [-0.4, -0.2) is 19.1 Å². The Morgan fingerprint density at radius 1 is 1.33 bits per heavy atom. The average molecular weight is 287 g/mol. The summed E-state index contributed by atoms with van der Waals surface area (Å²) in [5.74, 6) is 1.73. The van der Waals surface area contributed by atoms with Crippen LogP contribution in [0.25, 0.3) is 0 Å². The molecule has 0 bridgehead atoms. The second kappa shape index (κ2) is 6.08. The first kappa shape index (κ1) is 14.4. The number of benzene rings is 1. The Hall–Kier alpha value is -1.51.